The van der Waals surface area contributed by atoms with Crippen molar-refractivity contribution in [2.24, 2.45) is 11.3 Å². The molecule has 2 aliphatic rings. The second-order valence-corrected chi connectivity index (χ2v) is 7.57. The van der Waals surface area contributed by atoms with Crippen LogP contribution in [0.3, 0.4) is 0 Å². The molecule has 3 nitrogen and oxygen atoms in total. The standard InChI is InChI=1S/C16H33N3/c1-16(2)8-5-9-17-15(16)13-19(4)12-14-6-10-18(3)11-7-14/h14-15,17H,5-13H2,1-4H3. The van der Waals surface area contributed by atoms with E-state index >= 15 is 0 Å². The summed E-state index contributed by atoms with van der Waals surface area (Å²) in [5.74, 6) is 0.910. The number of likely N-dealkylation sites (tertiary alicyclic amines) is 1. The fraction of sp³-hybridized carbons (Fsp3) is 1.00. The van der Waals surface area contributed by atoms with Gasteiger partial charge in [-0.25, -0.2) is 0 Å². The molecule has 0 bridgehead atoms. The fourth-order valence-electron chi connectivity index (χ4n) is 3.65. The molecule has 2 aliphatic heterocycles. The minimum absolute atomic E-state index is 0.458. The van der Waals surface area contributed by atoms with Crippen LogP contribution in [0.5, 0.6) is 0 Å². The lowest BCUT2D eigenvalue weighted by molar-refractivity contribution is 0.117. The van der Waals surface area contributed by atoms with Gasteiger partial charge >= 0.3 is 0 Å². The highest BCUT2D eigenvalue weighted by atomic mass is 15.1. The monoisotopic (exact) mass is 267 g/mol. The van der Waals surface area contributed by atoms with Gasteiger partial charge in [0.15, 0.2) is 0 Å². The van der Waals surface area contributed by atoms with Crippen molar-refractivity contribution in [3.8, 4) is 0 Å². The lowest BCUT2D eigenvalue weighted by Crippen LogP contribution is -2.53. The van der Waals surface area contributed by atoms with Crippen LogP contribution in [0.15, 0.2) is 0 Å². The number of nitrogens with zero attached hydrogens (tertiary/aromatic N) is 2. The summed E-state index contributed by atoms with van der Waals surface area (Å²) in [4.78, 5) is 5.03. The molecule has 1 atom stereocenters. The summed E-state index contributed by atoms with van der Waals surface area (Å²) < 4.78 is 0. The van der Waals surface area contributed by atoms with E-state index in [0.717, 1.165) is 5.92 Å². The predicted octanol–water partition coefficient (Wildman–Crippen LogP) is 2.04. The summed E-state index contributed by atoms with van der Waals surface area (Å²) in [7, 11) is 4.55. The summed E-state index contributed by atoms with van der Waals surface area (Å²) >= 11 is 0. The summed E-state index contributed by atoms with van der Waals surface area (Å²) in [6.45, 7) is 11.1. The van der Waals surface area contributed by atoms with Gasteiger partial charge in [0.1, 0.15) is 0 Å². The van der Waals surface area contributed by atoms with Crippen molar-refractivity contribution in [2.45, 2.75) is 45.6 Å². The van der Waals surface area contributed by atoms with Gasteiger partial charge in [0.2, 0.25) is 0 Å². The lowest BCUT2D eigenvalue weighted by atomic mass is 9.77. The van der Waals surface area contributed by atoms with Gasteiger partial charge in [0, 0.05) is 19.1 Å². The Kier molecular flexibility index (Phi) is 5.27. The minimum atomic E-state index is 0.458. The normalized spacial score (nSPS) is 29.8. The Labute approximate surface area is 119 Å². The zero-order valence-corrected chi connectivity index (χ0v) is 13.4. The van der Waals surface area contributed by atoms with Crippen molar-refractivity contribution in [3.05, 3.63) is 0 Å². The first-order chi connectivity index (χ1) is 8.97. The van der Waals surface area contributed by atoms with Gasteiger partial charge in [0.05, 0.1) is 0 Å². The highest BCUT2D eigenvalue weighted by Crippen LogP contribution is 2.30. The minimum Gasteiger partial charge on any atom is -0.312 e. The zero-order valence-electron chi connectivity index (χ0n) is 13.4. The molecule has 0 saturated carbocycles. The maximum atomic E-state index is 3.73. The van der Waals surface area contributed by atoms with Gasteiger partial charge in [-0.15, -0.1) is 0 Å². The van der Waals surface area contributed by atoms with Crippen LogP contribution in [-0.2, 0) is 0 Å². The number of nitrogens with one attached hydrogen (secondary N) is 1. The number of hydrogen-bond donors (Lipinski definition) is 1. The summed E-state index contributed by atoms with van der Waals surface area (Å²) in [6, 6.07) is 0.664. The fourth-order valence-corrected chi connectivity index (χ4v) is 3.65. The molecule has 0 aliphatic carbocycles. The maximum absolute atomic E-state index is 3.73. The Hall–Kier alpha value is -0.120. The topological polar surface area (TPSA) is 18.5 Å². The van der Waals surface area contributed by atoms with Crippen LogP contribution in [0.4, 0.5) is 0 Å². The molecule has 2 heterocycles. The molecule has 19 heavy (non-hydrogen) atoms. The van der Waals surface area contributed by atoms with Crippen molar-refractivity contribution in [1.29, 1.82) is 0 Å². The molecule has 0 aromatic heterocycles. The Morgan fingerprint density at radius 2 is 1.89 bits per heavy atom. The zero-order chi connectivity index (χ0) is 13.9. The molecule has 3 heteroatoms. The molecule has 1 N–H and O–H groups in total. The Bertz CT molecular complexity index is 269. The van der Waals surface area contributed by atoms with Crippen molar-refractivity contribution >= 4 is 0 Å². The molecule has 0 amide bonds. The van der Waals surface area contributed by atoms with E-state index in [1.54, 1.807) is 0 Å². The summed E-state index contributed by atoms with van der Waals surface area (Å²) in [5.41, 5.74) is 0.458. The average molecular weight is 267 g/mol. The first kappa shape index (κ1) is 15.3. The number of likely N-dealkylation sites (N-methyl/N-ethyl adjacent to an activating group) is 1. The van der Waals surface area contributed by atoms with Crippen LogP contribution in [0.1, 0.15) is 39.5 Å². The highest BCUT2D eigenvalue weighted by molar-refractivity contribution is 4.90. The van der Waals surface area contributed by atoms with Crippen LogP contribution in [0, 0.1) is 11.3 Å². The number of hydrogen-bond acceptors (Lipinski definition) is 3. The van der Waals surface area contributed by atoms with E-state index in [4.69, 9.17) is 0 Å². The molecule has 2 saturated heterocycles. The van der Waals surface area contributed by atoms with Crippen LogP contribution in [0.2, 0.25) is 0 Å². The number of piperidine rings is 2. The van der Waals surface area contributed by atoms with Gasteiger partial charge in [-0.3, -0.25) is 0 Å². The molecule has 112 valence electrons. The molecule has 1 unspecified atom stereocenters. The third-order valence-electron chi connectivity index (χ3n) is 5.23. The average Bonchev–Trinajstić information content (AvgIpc) is 2.35. The van der Waals surface area contributed by atoms with E-state index in [2.05, 4.69) is 43.1 Å². The van der Waals surface area contributed by atoms with Gasteiger partial charge in [-0.05, 0) is 70.7 Å². The molecule has 0 aromatic rings. The van der Waals surface area contributed by atoms with E-state index in [0.29, 0.717) is 11.5 Å². The second kappa shape index (κ2) is 6.55. The first-order valence-electron chi connectivity index (χ1n) is 8.08. The van der Waals surface area contributed by atoms with Gasteiger partial charge < -0.3 is 15.1 Å². The van der Waals surface area contributed by atoms with Gasteiger partial charge in [-0.1, -0.05) is 13.8 Å². The molecule has 2 fully saturated rings. The van der Waals surface area contributed by atoms with Gasteiger partial charge in [0.25, 0.3) is 0 Å². The largest absolute Gasteiger partial charge is 0.312 e. The lowest BCUT2D eigenvalue weighted by Gasteiger charge is -2.42. The van der Waals surface area contributed by atoms with Crippen LogP contribution >= 0.6 is 0 Å². The summed E-state index contributed by atoms with van der Waals surface area (Å²) in [5, 5.41) is 3.73. The van der Waals surface area contributed by atoms with E-state index in [9.17, 15) is 0 Å². The summed E-state index contributed by atoms with van der Waals surface area (Å²) in [6.07, 6.45) is 5.46. The molecule has 0 spiro atoms. The van der Waals surface area contributed by atoms with Crippen molar-refractivity contribution in [3.63, 3.8) is 0 Å². The predicted molar refractivity (Wildman–Crippen MR) is 82.5 cm³/mol. The van der Waals surface area contributed by atoms with E-state index < -0.39 is 0 Å². The molecular weight excluding hydrogens is 234 g/mol. The number of rotatable bonds is 4. The van der Waals surface area contributed by atoms with Crippen molar-refractivity contribution in [1.82, 2.24) is 15.1 Å². The van der Waals surface area contributed by atoms with Crippen LogP contribution in [-0.4, -0.2) is 62.7 Å². The van der Waals surface area contributed by atoms with Crippen LogP contribution in [0.25, 0.3) is 0 Å². The quantitative estimate of drug-likeness (QED) is 0.841. The highest BCUT2D eigenvalue weighted by Gasteiger charge is 2.32. The van der Waals surface area contributed by atoms with Gasteiger partial charge in [-0.2, -0.15) is 0 Å². The van der Waals surface area contributed by atoms with E-state index in [1.165, 1.54) is 58.4 Å². The molecule has 0 radical (unpaired) electrons. The second-order valence-electron chi connectivity index (χ2n) is 7.57. The Morgan fingerprint density at radius 3 is 2.53 bits per heavy atom. The third kappa shape index (κ3) is 4.44. The van der Waals surface area contributed by atoms with Crippen LogP contribution < -0.4 is 5.32 Å². The van der Waals surface area contributed by atoms with Crippen molar-refractivity contribution in [2.75, 3.05) is 46.8 Å². The molecule has 2 rings (SSSR count). The van der Waals surface area contributed by atoms with E-state index in [1.807, 2.05) is 0 Å². The smallest absolute Gasteiger partial charge is 0.0245 e. The molecular formula is C16H33N3. The maximum Gasteiger partial charge on any atom is 0.0245 e. The SMILES string of the molecule is CN1CCC(CN(C)CC2NCCCC2(C)C)CC1. The van der Waals surface area contributed by atoms with Crippen molar-refractivity contribution < 1.29 is 0 Å². The third-order valence-corrected chi connectivity index (χ3v) is 5.23. The Balaban J connectivity index is 1.75. The Morgan fingerprint density at radius 1 is 1.21 bits per heavy atom. The first-order valence-corrected chi connectivity index (χ1v) is 8.08. The van der Waals surface area contributed by atoms with E-state index in [-0.39, 0.29) is 0 Å². The molecule has 0 aromatic carbocycles.